The van der Waals surface area contributed by atoms with Gasteiger partial charge in [-0.1, -0.05) is 0 Å². The maximum absolute atomic E-state index is 12.2. The summed E-state index contributed by atoms with van der Waals surface area (Å²) in [4.78, 5) is 24.7. The third kappa shape index (κ3) is 2.98. The summed E-state index contributed by atoms with van der Waals surface area (Å²) >= 11 is 1.68. The van der Waals surface area contributed by atoms with Crippen LogP contribution in [0.25, 0.3) is 0 Å². The summed E-state index contributed by atoms with van der Waals surface area (Å²) in [5.74, 6) is 0.446. The van der Waals surface area contributed by atoms with Gasteiger partial charge in [-0.05, 0) is 6.07 Å². The largest absolute Gasteiger partial charge is 0.481 e. The molecule has 0 bridgehead atoms. The van der Waals surface area contributed by atoms with Gasteiger partial charge in [0.25, 0.3) is 5.91 Å². The van der Waals surface area contributed by atoms with Gasteiger partial charge < -0.3 is 10.0 Å². The Morgan fingerprint density at radius 3 is 3.00 bits per heavy atom. The zero-order chi connectivity index (χ0) is 13.0. The standard InChI is InChI=1S/C11H13N3O3S/c15-10(16)5-9-7-18-4-3-14(9)11(17)8-1-2-12-13-6-8/h1-2,6,9H,3-5,7H2,(H,15,16). The molecule has 1 N–H and O–H groups in total. The van der Waals surface area contributed by atoms with Crippen molar-refractivity contribution in [3.63, 3.8) is 0 Å². The molecule has 0 aliphatic carbocycles. The number of amides is 1. The smallest absolute Gasteiger partial charge is 0.305 e. The summed E-state index contributed by atoms with van der Waals surface area (Å²) in [6.45, 7) is 0.573. The highest BCUT2D eigenvalue weighted by Crippen LogP contribution is 2.20. The average Bonchev–Trinajstić information content (AvgIpc) is 2.39. The van der Waals surface area contributed by atoms with E-state index < -0.39 is 5.97 Å². The van der Waals surface area contributed by atoms with Gasteiger partial charge >= 0.3 is 5.97 Å². The predicted molar refractivity (Wildman–Crippen MR) is 66.4 cm³/mol. The highest BCUT2D eigenvalue weighted by molar-refractivity contribution is 7.99. The zero-order valence-electron chi connectivity index (χ0n) is 9.65. The number of thioether (sulfide) groups is 1. The number of nitrogens with zero attached hydrogens (tertiary/aromatic N) is 3. The fourth-order valence-corrected chi connectivity index (χ4v) is 2.94. The SMILES string of the molecule is O=C(O)CC1CSCCN1C(=O)c1ccnnc1. The van der Waals surface area contributed by atoms with Gasteiger partial charge in [-0.15, -0.1) is 0 Å². The molecule has 18 heavy (non-hydrogen) atoms. The van der Waals surface area contributed by atoms with E-state index in [9.17, 15) is 9.59 Å². The third-order valence-electron chi connectivity index (χ3n) is 2.73. The van der Waals surface area contributed by atoms with Crippen molar-refractivity contribution >= 4 is 23.6 Å². The molecule has 1 atom stereocenters. The van der Waals surface area contributed by atoms with Crippen LogP contribution in [-0.4, -0.2) is 56.2 Å². The Morgan fingerprint density at radius 2 is 2.33 bits per heavy atom. The van der Waals surface area contributed by atoms with E-state index in [0.29, 0.717) is 17.9 Å². The lowest BCUT2D eigenvalue weighted by Crippen LogP contribution is -2.47. The number of carbonyl (C=O) groups excluding carboxylic acids is 1. The average molecular weight is 267 g/mol. The maximum atomic E-state index is 12.2. The third-order valence-corrected chi connectivity index (χ3v) is 3.82. The molecule has 1 amide bonds. The lowest BCUT2D eigenvalue weighted by atomic mass is 10.1. The van der Waals surface area contributed by atoms with Crippen LogP contribution in [0.1, 0.15) is 16.8 Å². The number of aromatic nitrogens is 2. The quantitative estimate of drug-likeness (QED) is 0.859. The van der Waals surface area contributed by atoms with Crippen molar-refractivity contribution in [3.05, 3.63) is 24.0 Å². The van der Waals surface area contributed by atoms with E-state index in [1.54, 1.807) is 22.7 Å². The molecule has 1 aromatic rings. The number of carbonyl (C=O) groups is 2. The first-order chi connectivity index (χ1) is 8.68. The topological polar surface area (TPSA) is 83.4 Å². The number of carboxylic acids is 1. The van der Waals surface area contributed by atoms with Crippen LogP contribution in [0, 0.1) is 0 Å². The molecule has 0 radical (unpaired) electrons. The molecule has 96 valence electrons. The van der Waals surface area contributed by atoms with E-state index in [4.69, 9.17) is 5.11 Å². The fraction of sp³-hybridized carbons (Fsp3) is 0.455. The molecule has 1 aromatic heterocycles. The highest BCUT2D eigenvalue weighted by atomic mass is 32.2. The van der Waals surface area contributed by atoms with Gasteiger partial charge in [0, 0.05) is 18.1 Å². The fourth-order valence-electron chi connectivity index (χ4n) is 1.88. The lowest BCUT2D eigenvalue weighted by Gasteiger charge is -2.34. The van der Waals surface area contributed by atoms with Crippen molar-refractivity contribution in [2.45, 2.75) is 12.5 Å². The monoisotopic (exact) mass is 267 g/mol. The van der Waals surface area contributed by atoms with Crippen LogP contribution >= 0.6 is 11.8 Å². The first-order valence-electron chi connectivity index (χ1n) is 5.55. The Morgan fingerprint density at radius 1 is 1.50 bits per heavy atom. The van der Waals surface area contributed by atoms with Crippen LogP contribution in [0.2, 0.25) is 0 Å². The van der Waals surface area contributed by atoms with E-state index >= 15 is 0 Å². The number of carboxylic acid groups (broad SMARTS) is 1. The van der Waals surface area contributed by atoms with Crippen molar-refractivity contribution in [2.75, 3.05) is 18.1 Å². The number of aliphatic carboxylic acids is 1. The molecule has 1 saturated heterocycles. The zero-order valence-corrected chi connectivity index (χ0v) is 10.5. The van der Waals surface area contributed by atoms with Gasteiger partial charge in [0.2, 0.25) is 0 Å². The summed E-state index contributed by atoms with van der Waals surface area (Å²) in [7, 11) is 0. The minimum atomic E-state index is -0.881. The van der Waals surface area contributed by atoms with Crippen LogP contribution in [0.5, 0.6) is 0 Å². The van der Waals surface area contributed by atoms with Crippen LogP contribution in [-0.2, 0) is 4.79 Å². The normalized spacial score (nSPS) is 19.6. The van der Waals surface area contributed by atoms with Crippen LogP contribution in [0.15, 0.2) is 18.5 Å². The van der Waals surface area contributed by atoms with Crippen molar-refractivity contribution in [1.29, 1.82) is 0 Å². The minimum Gasteiger partial charge on any atom is -0.481 e. The maximum Gasteiger partial charge on any atom is 0.305 e. The van der Waals surface area contributed by atoms with Gasteiger partial charge in [-0.25, -0.2) is 0 Å². The molecule has 0 saturated carbocycles. The molecule has 1 unspecified atom stereocenters. The van der Waals surface area contributed by atoms with Crippen LogP contribution < -0.4 is 0 Å². The molecular formula is C11H13N3O3S. The molecule has 1 aliphatic heterocycles. The molecule has 7 heteroatoms. The second kappa shape index (κ2) is 5.81. The Kier molecular flexibility index (Phi) is 4.14. The number of rotatable bonds is 3. The van der Waals surface area contributed by atoms with Crippen molar-refractivity contribution in [2.24, 2.45) is 0 Å². The molecule has 2 heterocycles. The first kappa shape index (κ1) is 12.8. The van der Waals surface area contributed by atoms with Crippen molar-refractivity contribution in [3.8, 4) is 0 Å². The number of hydrogen-bond acceptors (Lipinski definition) is 5. The molecular weight excluding hydrogens is 254 g/mol. The van der Waals surface area contributed by atoms with E-state index in [2.05, 4.69) is 10.2 Å². The Labute approximate surface area is 108 Å². The van der Waals surface area contributed by atoms with Crippen LogP contribution in [0.4, 0.5) is 0 Å². The second-order valence-electron chi connectivity index (χ2n) is 3.96. The molecule has 0 aromatic carbocycles. The molecule has 6 nitrogen and oxygen atoms in total. The highest BCUT2D eigenvalue weighted by Gasteiger charge is 2.29. The summed E-state index contributed by atoms with van der Waals surface area (Å²) in [5, 5.41) is 16.2. The first-order valence-corrected chi connectivity index (χ1v) is 6.71. The Balaban J connectivity index is 2.13. The van der Waals surface area contributed by atoms with E-state index in [1.165, 1.54) is 12.4 Å². The predicted octanol–water partition coefficient (Wildman–Crippen LogP) is 0.509. The van der Waals surface area contributed by atoms with E-state index in [0.717, 1.165) is 5.75 Å². The van der Waals surface area contributed by atoms with Gasteiger partial charge in [0.1, 0.15) is 0 Å². The molecule has 1 fully saturated rings. The Bertz CT molecular complexity index is 440. The van der Waals surface area contributed by atoms with Gasteiger partial charge in [-0.2, -0.15) is 22.0 Å². The van der Waals surface area contributed by atoms with Gasteiger partial charge in [0.05, 0.1) is 30.4 Å². The Hall–Kier alpha value is -1.63. The van der Waals surface area contributed by atoms with Crippen molar-refractivity contribution in [1.82, 2.24) is 15.1 Å². The van der Waals surface area contributed by atoms with Gasteiger partial charge in [-0.3, -0.25) is 9.59 Å². The van der Waals surface area contributed by atoms with E-state index in [-0.39, 0.29) is 18.4 Å². The van der Waals surface area contributed by atoms with Crippen LogP contribution in [0.3, 0.4) is 0 Å². The van der Waals surface area contributed by atoms with Crippen molar-refractivity contribution < 1.29 is 14.7 Å². The minimum absolute atomic E-state index is 0.0166. The summed E-state index contributed by atoms with van der Waals surface area (Å²) in [6, 6.07) is 1.34. The lowest BCUT2D eigenvalue weighted by molar-refractivity contribution is -0.138. The van der Waals surface area contributed by atoms with E-state index in [1.807, 2.05) is 0 Å². The van der Waals surface area contributed by atoms with Gasteiger partial charge in [0.15, 0.2) is 0 Å². The summed E-state index contributed by atoms with van der Waals surface area (Å²) in [5.41, 5.74) is 0.451. The molecule has 1 aliphatic rings. The second-order valence-corrected chi connectivity index (χ2v) is 5.11. The summed E-state index contributed by atoms with van der Waals surface area (Å²) < 4.78 is 0. The molecule has 2 rings (SSSR count). The summed E-state index contributed by atoms with van der Waals surface area (Å²) in [6.07, 6.45) is 2.84. The number of hydrogen-bond donors (Lipinski definition) is 1. The molecule has 0 spiro atoms.